The van der Waals surface area contributed by atoms with Gasteiger partial charge in [0, 0.05) is 52.6 Å². The van der Waals surface area contributed by atoms with Gasteiger partial charge in [0.2, 0.25) is 0 Å². The van der Waals surface area contributed by atoms with E-state index in [4.69, 9.17) is 4.74 Å². The highest BCUT2D eigenvalue weighted by molar-refractivity contribution is 5.79. The minimum absolute atomic E-state index is 0.116. The first-order chi connectivity index (χ1) is 15.7. The van der Waals surface area contributed by atoms with Crippen LogP contribution in [0.5, 0.6) is 0 Å². The third-order valence-corrected chi connectivity index (χ3v) is 6.25. The summed E-state index contributed by atoms with van der Waals surface area (Å²) in [5.41, 5.74) is 1.09. The number of rotatable bonds is 7. The van der Waals surface area contributed by atoms with Gasteiger partial charge in [-0.1, -0.05) is 18.6 Å². The normalized spacial score (nSPS) is 18.6. The number of aryl methyl sites for hydroxylation is 1. The predicted octanol–water partition coefficient (Wildman–Crippen LogP) is 1.92. The van der Waals surface area contributed by atoms with E-state index in [0.717, 1.165) is 62.2 Å². The Labute approximate surface area is 189 Å². The Morgan fingerprint density at radius 2 is 1.91 bits per heavy atom. The summed E-state index contributed by atoms with van der Waals surface area (Å²) in [4.78, 5) is 6.76. The molecule has 3 heterocycles. The number of nitrogens with one attached hydrogen (secondary N) is 2. The molecule has 9 heteroatoms. The molecule has 1 aromatic heterocycles. The second kappa shape index (κ2) is 11.4. The Morgan fingerprint density at radius 1 is 1.09 bits per heavy atom. The van der Waals surface area contributed by atoms with Gasteiger partial charge in [-0.15, -0.1) is 10.2 Å². The average molecular weight is 444 g/mol. The largest absolute Gasteiger partial charge is 0.379 e. The van der Waals surface area contributed by atoms with Gasteiger partial charge in [0.05, 0.1) is 19.3 Å². The number of halogens is 1. The van der Waals surface area contributed by atoms with Crippen molar-refractivity contribution >= 4 is 5.96 Å². The van der Waals surface area contributed by atoms with Gasteiger partial charge in [-0.05, 0) is 30.5 Å². The summed E-state index contributed by atoms with van der Waals surface area (Å²) in [6.07, 6.45) is 5.48. The lowest BCUT2D eigenvalue weighted by Gasteiger charge is -2.35. The smallest absolute Gasteiger partial charge is 0.191 e. The number of benzene rings is 1. The van der Waals surface area contributed by atoms with Gasteiger partial charge < -0.3 is 19.9 Å². The van der Waals surface area contributed by atoms with Crippen molar-refractivity contribution in [3.05, 3.63) is 47.3 Å². The molecule has 0 aliphatic carbocycles. The van der Waals surface area contributed by atoms with E-state index < -0.39 is 0 Å². The quantitative estimate of drug-likeness (QED) is 0.503. The van der Waals surface area contributed by atoms with Gasteiger partial charge in [0.25, 0.3) is 0 Å². The van der Waals surface area contributed by atoms with Gasteiger partial charge in [-0.25, -0.2) is 4.39 Å². The Morgan fingerprint density at radius 3 is 2.69 bits per heavy atom. The second-order valence-corrected chi connectivity index (χ2v) is 8.34. The molecule has 0 amide bonds. The van der Waals surface area contributed by atoms with Crippen molar-refractivity contribution in [1.82, 2.24) is 30.3 Å². The molecule has 1 saturated heterocycles. The molecule has 2 aliphatic heterocycles. The first-order valence-corrected chi connectivity index (χ1v) is 11.7. The summed E-state index contributed by atoms with van der Waals surface area (Å²) in [6.45, 7) is 5.56. The molecular weight excluding hydrogens is 409 g/mol. The summed E-state index contributed by atoms with van der Waals surface area (Å²) < 4.78 is 21.3. The molecule has 1 aromatic carbocycles. The topological polar surface area (TPSA) is 79.6 Å². The Kier molecular flexibility index (Phi) is 8.06. The fourth-order valence-electron chi connectivity index (χ4n) is 4.47. The number of aliphatic imine (C=N–C) groups is 1. The molecule has 0 saturated carbocycles. The van der Waals surface area contributed by atoms with Crippen molar-refractivity contribution in [2.24, 2.45) is 4.99 Å². The van der Waals surface area contributed by atoms with Gasteiger partial charge in [-0.2, -0.15) is 0 Å². The number of morpholine rings is 1. The van der Waals surface area contributed by atoms with E-state index in [1.807, 2.05) is 12.1 Å². The van der Waals surface area contributed by atoms with E-state index in [1.165, 1.54) is 31.4 Å². The molecule has 4 rings (SSSR count). The number of aromatic nitrogens is 3. The Bertz CT molecular complexity index is 877. The summed E-state index contributed by atoms with van der Waals surface area (Å²) in [6, 6.07) is 6.90. The monoisotopic (exact) mass is 443 g/mol. The second-order valence-electron chi connectivity index (χ2n) is 8.34. The molecular formula is C23H34FN7O. The van der Waals surface area contributed by atoms with Crippen LogP contribution < -0.4 is 10.6 Å². The van der Waals surface area contributed by atoms with E-state index in [0.29, 0.717) is 19.8 Å². The highest BCUT2D eigenvalue weighted by Gasteiger charge is 2.23. The lowest BCUT2D eigenvalue weighted by Crippen LogP contribution is -2.46. The fraction of sp³-hybridized carbons (Fsp3) is 0.609. The third kappa shape index (κ3) is 5.83. The summed E-state index contributed by atoms with van der Waals surface area (Å²) >= 11 is 0. The standard InChI is InChI=1S/C23H34FN7O/c1-25-23(26-11-10-22-29-28-21-5-3-2-4-12-31(21)22)27-17-20(30-13-15-32-16-14-30)18-6-8-19(24)9-7-18/h6-9,20H,2-5,10-17H2,1H3,(H2,25,26,27). The van der Waals surface area contributed by atoms with Gasteiger partial charge in [0.1, 0.15) is 17.5 Å². The third-order valence-electron chi connectivity index (χ3n) is 6.25. The van der Waals surface area contributed by atoms with Crippen molar-refractivity contribution in [3.8, 4) is 0 Å². The number of ether oxygens (including phenoxy) is 1. The molecule has 8 nitrogen and oxygen atoms in total. The maximum absolute atomic E-state index is 13.5. The van der Waals surface area contributed by atoms with Gasteiger partial charge >= 0.3 is 0 Å². The number of hydrogen-bond donors (Lipinski definition) is 2. The van der Waals surface area contributed by atoms with Crippen LogP contribution in [0.2, 0.25) is 0 Å². The molecule has 0 spiro atoms. The van der Waals surface area contributed by atoms with E-state index in [2.05, 4.69) is 35.3 Å². The molecule has 32 heavy (non-hydrogen) atoms. The lowest BCUT2D eigenvalue weighted by molar-refractivity contribution is 0.0170. The zero-order chi connectivity index (χ0) is 22.2. The molecule has 2 aromatic rings. The van der Waals surface area contributed by atoms with Crippen LogP contribution in [0.1, 0.15) is 42.5 Å². The first kappa shape index (κ1) is 22.7. The minimum Gasteiger partial charge on any atom is -0.379 e. The first-order valence-electron chi connectivity index (χ1n) is 11.7. The SMILES string of the molecule is CN=C(NCCc1nnc2n1CCCCC2)NCC(c1ccc(F)cc1)N1CCOCC1. The highest BCUT2D eigenvalue weighted by atomic mass is 19.1. The van der Waals surface area contributed by atoms with Crippen LogP contribution >= 0.6 is 0 Å². The van der Waals surface area contributed by atoms with E-state index in [1.54, 1.807) is 7.05 Å². The van der Waals surface area contributed by atoms with Crippen LogP contribution in [0.15, 0.2) is 29.3 Å². The van der Waals surface area contributed by atoms with Crippen LogP contribution in [0.25, 0.3) is 0 Å². The zero-order valence-electron chi connectivity index (χ0n) is 18.9. The van der Waals surface area contributed by atoms with Crippen LogP contribution in [-0.4, -0.2) is 72.1 Å². The minimum atomic E-state index is -0.216. The summed E-state index contributed by atoms with van der Waals surface area (Å²) in [5, 5.41) is 15.6. The number of hydrogen-bond acceptors (Lipinski definition) is 5. The average Bonchev–Trinajstić information content (AvgIpc) is 3.05. The Balaban J connectivity index is 1.32. The molecule has 0 bridgehead atoms. The lowest BCUT2D eigenvalue weighted by atomic mass is 10.0. The number of fused-ring (bicyclic) bond motifs is 1. The van der Waals surface area contributed by atoms with Crippen molar-refractivity contribution in [2.45, 2.75) is 44.7 Å². The summed E-state index contributed by atoms with van der Waals surface area (Å²) in [7, 11) is 1.78. The maximum atomic E-state index is 13.5. The van der Waals surface area contributed by atoms with E-state index in [9.17, 15) is 4.39 Å². The van der Waals surface area contributed by atoms with Crippen molar-refractivity contribution in [3.63, 3.8) is 0 Å². The molecule has 1 atom stereocenters. The van der Waals surface area contributed by atoms with Crippen LogP contribution in [0.4, 0.5) is 4.39 Å². The Hall–Kier alpha value is -2.52. The van der Waals surface area contributed by atoms with Crippen molar-refractivity contribution < 1.29 is 9.13 Å². The fourth-order valence-corrected chi connectivity index (χ4v) is 4.47. The van der Waals surface area contributed by atoms with E-state index in [-0.39, 0.29) is 11.9 Å². The van der Waals surface area contributed by atoms with Crippen molar-refractivity contribution in [1.29, 1.82) is 0 Å². The highest BCUT2D eigenvalue weighted by Crippen LogP contribution is 2.21. The van der Waals surface area contributed by atoms with Gasteiger partial charge in [-0.3, -0.25) is 9.89 Å². The summed E-state index contributed by atoms with van der Waals surface area (Å²) in [5.74, 6) is 2.70. The van der Waals surface area contributed by atoms with Gasteiger partial charge in [0.15, 0.2) is 5.96 Å². The number of nitrogens with zero attached hydrogens (tertiary/aromatic N) is 5. The molecule has 1 fully saturated rings. The molecule has 2 aliphatic rings. The van der Waals surface area contributed by atoms with Crippen LogP contribution in [-0.2, 0) is 24.1 Å². The van der Waals surface area contributed by atoms with Crippen molar-refractivity contribution in [2.75, 3.05) is 46.4 Å². The van der Waals surface area contributed by atoms with E-state index >= 15 is 0 Å². The maximum Gasteiger partial charge on any atom is 0.191 e. The number of guanidine groups is 1. The molecule has 174 valence electrons. The molecule has 2 N–H and O–H groups in total. The van der Waals surface area contributed by atoms with Crippen LogP contribution in [0.3, 0.4) is 0 Å². The molecule has 0 radical (unpaired) electrons. The molecule has 1 unspecified atom stereocenters. The van der Waals surface area contributed by atoms with Crippen LogP contribution in [0, 0.1) is 5.82 Å². The predicted molar refractivity (Wildman–Crippen MR) is 122 cm³/mol. The zero-order valence-corrected chi connectivity index (χ0v) is 18.9.